The van der Waals surface area contributed by atoms with Crippen molar-refractivity contribution in [3.63, 3.8) is 0 Å². The van der Waals surface area contributed by atoms with Crippen LogP contribution in [0.1, 0.15) is 25.0 Å². The minimum Gasteiger partial charge on any atom is -0.463 e. The number of ether oxygens (including phenoxy) is 2. The van der Waals surface area contributed by atoms with E-state index < -0.39 is 30.3 Å². The first-order valence-electron chi connectivity index (χ1n) is 6.53. The molecule has 0 aromatic carbocycles. The average Bonchev–Trinajstić information content (AvgIpc) is 3.01. The van der Waals surface area contributed by atoms with Gasteiger partial charge in [0.1, 0.15) is 30.9 Å². The van der Waals surface area contributed by atoms with Crippen molar-refractivity contribution in [2.24, 2.45) is 4.99 Å². The maximum absolute atomic E-state index is 14.2. The van der Waals surface area contributed by atoms with Crippen LogP contribution in [0.3, 0.4) is 0 Å². The Bertz CT molecular complexity index is 598. The molecule has 21 heavy (non-hydrogen) atoms. The number of nitrogens with zero attached hydrogens (tertiary/aromatic N) is 3. The Balaban J connectivity index is 1.73. The molecule has 2 aliphatic rings. The lowest BCUT2D eigenvalue weighted by Gasteiger charge is -2.19. The van der Waals surface area contributed by atoms with Gasteiger partial charge in [0.05, 0.1) is 17.7 Å². The second kappa shape index (κ2) is 5.65. The summed E-state index contributed by atoms with van der Waals surface area (Å²) in [6, 6.07) is 0. The maximum atomic E-state index is 14.2. The van der Waals surface area contributed by atoms with Crippen LogP contribution >= 0.6 is 11.6 Å². The van der Waals surface area contributed by atoms with E-state index >= 15 is 0 Å². The van der Waals surface area contributed by atoms with E-state index in [2.05, 4.69) is 15.0 Å². The number of esters is 1. The second-order valence-corrected chi connectivity index (χ2v) is 5.34. The normalized spacial score (nSPS) is 30.4. The fourth-order valence-electron chi connectivity index (χ4n) is 2.57. The van der Waals surface area contributed by atoms with Crippen molar-refractivity contribution >= 4 is 29.5 Å². The zero-order chi connectivity index (χ0) is 15.0. The van der Waals surface area contributed by atoms with Crippen LogP contribution in [0.5, 0.6) is 0 Å². The molecule has 3 rings (SSSR count). The summed E-state index contributed by atoms with van der Waals surface area (Å²) in [7, 11) is 0. The monoisotopic (exact) mass is 313 g/mol. The first-order chi connectivity index (χ1) is 10.1. The van der Waals surface area contributed by atoms with Crippen molar-refractivity contribution in [3.05, 3.63) is 17.2 Å². The van der Waals surface area contributed by atoms with Crippen LogP contribution in [0.2, 0.25) is 5.15 Å². The van der Waals surface area contributed by atoms with Gasteiger partial charge in [0, 0.05) is 19.6 Å². The molecule has 112 valence electrons. The summed E-state index contributed by atoms with van der Waals surface area (Å²) in [5, 5.41) is 0.239. The van der Waals surface area contributed by atoms with Crippen LogP contribution < -0.4 is 0 Å². The number of carbonyl (C=O) groups excluding carboxylic acids is 1. The summed E-state index contributed by atoms with van der Waals surface area (Å²) in [5.74, 6) is -0.817. The standard InChI is InChI=1S/C13H13ClFN3O3/c1-6(19)20-4-7-2-9(15)12(21-7)8-3-16-11-10(8)17-5-18-13(11)14/h3,5,7-9,12H,2,4H2,1H3/t7-,8?,9-,12-/m0/s1. The predicted octanol–water partition coefficient (Wildman–Crippen LogP) is 1.99. The molecule has 3 heterocycles. The van der Waals surface area contributed by atoms with Gasteiger partial charge in [-0.2, -0.15) is 0 Å². The Kier molecular flexibility index (Phi) is 3.86. The first kappa shape index (κ1) is 14.3. The number of fused-ring (bicyclic) bond motifs is 1. The summed E-state index contributed by atoms with van der Waals surface area (Å²) in [6.07, 6.45) is 0.737. The molecular formula is C13H13ClFN3O3. The van der Waals surface area contributed by atoms with Crippen molar-refractivity contribution in [1.82, 2.24) is 9.97 Å². The first-order valence-corrected chi connectivity index (χ1v) is 6.91. The quantitative estimate of drug-likeness (QED) is 0.630. The van der Waals surface area contributed by atoms with Crippen molar-refractivity contribution < 1.29 is 18.7 Å². The van der Waals surface area contributed by atoms with Crippen molar-refractivity contribution in [2.75, 3.05) is 6.61 Å². The molecule has 8 heteroatoms. The maximum Gasteiger partial charge on any atom is 0.302 e. The minimum atomic E-state index is -1.18. The number of hydrogen-bond acceptors (Lipinski definition) is 6. The summed E-state index contributed by atoms with van der Waals surface area (Å²) in [5.41, 5.74) is 1.03. The molecule has 0 aliphatic carbocycles. The number of rotatable bonds is 3. The van der Waals surface area contributed by atoms with E-state index in [1.807, 2.05) is 0 Å². The molecule has 1 aromatic heterocycles. The van der Waals surface area contributed by atoms with E-state index in [1.54, 1.807) is 6.21 Å². The Morgan fingerprint density at radius 2 is 2.38 bits per heavy atom. The van der Waals surface area contributed by atoms with Gasteiger partial charge in [0.25, 0.3) is 0 Å². The third-order valence-corrected chi connectivity index (χ3v) is 3.78. The molecule has 0 radical (unpaired) electrons. The summed E-state index contributed by atoms with van der Waals surface area (Å²) >= 11 is 5.93. The highest BCUT2D eigenvalue weighted by molar-refractivity contribution is 6.32. The lowest BCUT2D eigenvalue weighted by molar-refractivity contribution is -0.145. The van der Waals surface area contributed by atoms with Gasteiger partial charge in [-0.05, 0) is 0 Å². The number of aromatic nitrogens is 2. The third kappa shape index (κ3) is 2.75. The molecule has 1 aromatic rings. The fraction of sp³-hybridized carbons (Fsp3) is 0.538. The van der Waals surface area contributed by atoms with E-state index in [0.717, 1.165) is 0 Å². The highest BCUT2D eigenvalue weighted by atomic mass is 35.5. The van der Waals surface area contributed by atoms with Gasteiger partial charge in [-0.3, -0.25) is 9.79 Å². The average molecular weight is 314 g/mol. The largest absolute Gasteiger partial charge is 0.463 e. The fourth-order valence-corrected chi connectivity index (χ4v) is 2.76. The van der Waals surface area contributed by atoms with E-state index in [9.17, 15) is 9.18 Å². The molecule has 1 saturated heterocycles. The number of alkyl halides is 1. The van der Waals surface area contributed by atoms with Gasteiger partial charge in [-0.25, -0.2) is 14.4 Å². The van der Waals surface area contributed by atoms with Crippen LogP contribution in [-0.4, -0.2) is 47.1 Å². The van der Waals surface area contributed by atoms with Crippen molar-refractivity contribution in [2.45, 2.75) is 37.6 Å². The molecular weight excluding hydrogens is 301 g/mol. The predicted molar refractivity (Wildman–Crippen MR) is 72.7 cm³/mol. The van der Waals surface area contributed by atoms with Gasteiger partial charge >= 0.3 is 5.97 Å². The topological polar surface area (TPSA) is 73.7 Å². The van der Waals surface area contributed by atoms with Crippen LogP contribution in [0.15, 0.2) is 11.3 Å². The second-order valence-electron chi connectivity index (χ2n) is 4.98. The van der Waals surface area contributed by atoms with E-state index in [0.29, 0.717) is 11.4 Å². The summed E-state index contributed by atoms with van der Waals surface area (Å²) in [6.45, 7) is 1.35. The van der Waals surface area contributed by atoms with Crippen molar-refractivity contribution in [1.29, 1.82) is 0 Å². The molecule has 0 spiro atoms. The zero-order valence-corrected chi connectivity index (χ0v) is 12.0. The molecule has 2 aliphatic heterocycles. The number of hydrogen-bond donors (Lipinski definition) is 0. The highest BCUT2D eigenvalue weighted by Gasteiger charge is 2.43. The number of carbonyl (C=O) groups is 1. The van der Waals surface area contributed by atoms with Gasteiger partial charge in [0.15, 0.2) is 5.15 Å². The highest BCUT2D eigenvalue weighted by Crippen LogP contribution is 2.41. The van der Waals surface area contributed by atoms with Crippen LogP contribution in [0, 0.1) is 0 Å². The van der Waals surface area contributed by atoms with E-state index in [-0.39, 0.29) is 18.2 Å². The SMILES string of the molecule is CC(=O)OC[C@@H]1C[C@H](F)[C@H](C2C=Nc3c(Cl)ncnc32)O1. The Morgan fingerprint density at radius 1 is 1.57 bits per heavy atom. The smallest absolute Gasteiger partial charge is 0.302 e. The number of aliphatic imine (C=N–C) groups is 1. The molecule has 0 N–H and O–H groups in total. The van der Waals surface area contributed by atoms with Crippen LogP contribution in [-0.2, 0) is 14.3 Å². The Morgan fingerprint density at radius 3 is 3.14 bits per heavy atom. The molecule has 1 fully saturated rings. The molecule has 1 unspecified atom stereocenters. The molecule has 0 bridgehead atoms. The van der Waals surface area contributed by atoms with Gasteiger partial charge in [0.2, 0.25) is 0 Å². The van der Waals surface area contributed by atoms with Gasteiger partial charge in [-0.15, -0.1) is 0 Å². The van der Waals surface area contributed by atoms with E-state index in [1.165, 1.54) is 13.3 Å². The lowest BCUT2D eigenvalue weighted by Crippen LogP contribution is -2.27. The van der Waals surface area contributed by atoms with Crippen molar-refractivity contribution in [3.8, 4) is 0 Å². The zero-order valence-electron chi connectivity index (χ0n) is 11.2. The Hall–Kier alpha value is -1.60. The van der Waals surface area contributed by atoms with Gasteiger partial charge < -0.3 is 9.47 Å². The van der Waals surface area contributed by atoms with Gasteiger partial charge in [-0.1, -0.05) is 11.6 Å². The van der Waals surface area contributed by atoms with Crippen LogP contribution in [0.4, 0.5) is 10.1 Å². The molecule has 0 saturated carbocycles. The lowest BCUT2D eigenvalue weighted by atomic mass is 9.97. The summed E-state index contributed by atoms with van der Waals surface area (Å²) < 4.78 is 24.7. The molecule has 4 atom stereocenters. The van der Waals surface area contributed by atoms with E-state index in [4.69, 9.17) is 21.1 Å². The summed E-state index contributed by atoms with van der Waals surface area (Å²) in [4.78, 5) is 22.9. The molecule has 0 amide bonds. The third-order valence-electron chi connectivity index (χ3n) is 3.51. The Labute approximate surface area is 125 Å². The number of halogens is 2. The molecule has 6 nitrogen and oxygen atoms in total. The minimum absolute atomic E-state index is 0.0491. The van der Waals surface area contributed by atoms with Crippen LogP contribution in [0.25, 0.3) is 0 Å².